The average Bonchev–Trinajstić information content (AvgIpc) is 2.30. The van der Waals surface area contributed by atoms with Gasteiger partial charge in [-0.25, -0.2) is 4.79 Å². The van der Waals surface area contributed by atoms with Crippen LogP contribution in [0.5, 0.6) is 0 Å². The maximum absolute atomic E-state index is 12.2. The number of primary amides is 1. The van der Waals surface area contributed by atoms with Gasteiger partial charge in [-0.05, 0) is 13.0 Å². The first-order chi connectivity index (χ1) is 6.30. The summed E-state index contributed by atoms with van der Waals surface area (Å²) in [4.78, 5) is 10.0. The highest BCUT2D eigenvalue weighted by Gasteiger charge is 2.33. The minimum absolute atomic E-state index is 0.106. The van der Waals surface area contributed by atoms with Crippen molar-refractivity contribution >= 4 is 23.1 Å². The molecule has 3 N–H and O–H groups in total. The van der Waals surface area contributed by atoms with E-state index in [0.717, 1.165) is 6.07 Å². The quantitative estimate of drug-likeness (QED) is 0.756. The average molecular weight is 224 g/mol. The molecule has 0 saturated carbocycles. The molecule has 1 aromatic rings. The summed E-state index contributed by atoms with van der Waals surface area (Å²) < 4.78 is 36.6. The summed E-state index contributed by atoms with van der Waals surface area (Å²) in [7, 11) is 0. The molecule has 0 aliphatic heterocycles. The van der Waals surface area contributed by atoms with Crippen LogP contribution in [0, 0.1) is 6.92 Å². The number of nitrogens with one attached hydrogen (secondary N) is 1. The Labute approximate surface area is 81.7 Å². The highest BCUT2D eigenvalue weighted by molar-refractivity contribution is 7.12. The molecule has 14 heavy (non-hydrogen) atoms. The SMILES string of the molecule is Cc1sc(C(F)(F)F)cc1NC(N)=O. The number of anilines is 1. The Morgan fingerprint density at radius 1 is 1.57 bits per heavy atom. The van der Waals surface area contributed by atoms with E-state index in [1.807, 2.05) is 0 Å². The number of hydrogen-bond donors (Lipinski definition) is 2. The Balaban J connectivity index is 2.99. The number of urea groups is 1. The second-order valence-electron chi connectivity index (χ2n) is 2.57. The van der Waals surface area contributed by atoms with Gasteiger partial charge in [-0.1, -0.05) is 0 Å². The lowest BCUT2D eigenvalue weighted by Gasteiger charge is -2.00. The van der Waals surface area contributed by atoms with Crippen LogP contribution in [0.4, 0.5) is 23.7 Å². The molecule has 2 amide bonds. The molecule has 0 saturated heterocycles. The van der Waals surface area contributed by atoms with Gasteiger partial charge in [-0.2, -0.15) is 13.2 Å². The van der Waals surface area contributed by atoms with Crippen molar-refractivity contribution in [3.05, 3.63) is 15.8 Å². The molecule has 0 bridgehead atoms. The molecule has 0 atom stereocenters. The van der Waals surface area contributed by atoms with Crippen LogP contribution < -0.4 is 11.1 Å². The van der Waals surface area contributed by atoms with Gasteiger partial charge in [0, 0.05) is 4.88 Å². The molecule has 1 aromatic heterocycles. The topological polar surface area (TPSA) is 55.1 Å². The predicted molar refractivity (Wildman–Crippen MR) is 47.3 cm³/mol. The zero-order valence-corrected chi connectivity index (χ0v) is 7.92. The number of halogens is 3. The predicted octanol–water partition coefficient (Wildman–Crippen LogP) is 2.57. The second-order valence-corrected chi connectivity index (χ2v) is 3.82. The summed E-state index contributed by atoms with van der Waals surface area (Å²) in [6.45, 7) is 1.48. The van der Waals surface area contributed by atoms with Gasteiger partial charge >= 0.3 is 12.2 Å². The first-order valence-electron chi connectivity index (χ1n) is 3.55. The van der Waals surface area contributed by atoms with E-state index in [1.54, 1.807) is 0 Å². The van der Waals surface area contributed by atoms with Gasteiger partial charge in [-0.3, -0.25) is 0 Å². The molecule has 0 aromatic carbocycles. The van der Waals surface area contributed by atoms with E-state index in [9.17, 15) is 18.0 Å². The molecule has 3 nitrogen and oxygen atoms in total. The van der Waals surface area contributed by atoms with Crippen LogP contribution in [0.1, 0.15) is 9.75 Å². The van der Waals surface area contributed by atoms with Gasteiger partial charge in [0.05, 0.1) is 5.69 Å². The third kappa shape index (κ3) is 2.38. The minimum atomic E-state index is -4.38. The zero-order valence-electron chi connectivity index (χ0n) is 7.11. The summed E-state index contributed by atoms with van der Waals surface area (Å²) >= 11 is 0.568. The van der Waals surface area contributed by atoms with Crippen LogP contribution in [-0.2, 0) is 6.18 Å². The fourth-order valence-corrected chi connectivity index (χ4v) is 1.72. The van der Waals surface area contributed by atoms with E-state index >= 15 is 0 Å². The second kappa shape index (κ2) is 3.49. The summed E-state index contributed by atoms with van der Waals surface area (Å²) in [5, 5.41) is 2.11. The van der Waals surface area contributed by atoms with E-state index in [2.05, 4.69) is 5.32 Å². The molecule has 0 aliphatic rings. The van der Waals surface area contributed by atoms with Gasteiger partial charge < -0.3 is 11.1 Å². The van der Waals surface area contributed by atoms with Crippen molar-refractivity contribution < 1.29 is 18.0 Å². The van der Waals surface area contributed by atoms with Crippen LogP contribution in [0.15, 0.2) is 6.07 Å². The number of carbonyl (C=O) groups is 1. The van der Waals surface area contributed by atoms with Crippen molar-refractivity contribution in [1.82, 2.24) is 0 Å². The number of aryl methyl sites for hydroxylation is 1. The summed E-state index contributed by atoms with van der Waals surface area (Å²) in [6, 6.07) is -0.00951. The van der Waals surface area contributed by atoms with E-state index in [1.165, 1.54) is 6.92 Å². The number of nitrogens with two attached hydrogens (primary N) is 1. The standard InChI is InChI=1S/C7H7F3N2OS/c1-3-4(12-6(11)13)2-5(14-3)7(8,9)10/h2H,1H3,(H3,11,12,13). The largest absolute Gasteiger partial charge is 0.425 e. The van der Waals surface area contributed by atoms with Crippen LogP contribution in [-0.4, -0.2) is 6.03 Å². The molecule has 0 fully saturated rings. The minimum Gasteiger partial charge on any atom is -0.351 e. The van der Waals surface area contributed by atoms with Crippen molar-refractivity contribution in [3.8, 4) is 0 Å². The molecular formula is C7H7F3N2OS. The number of rotatable bonds is 1. The number of thiophene rings is 1. The molecular weight excluding hydrogens is 217 g/mol. The zero-order chi connectivity index (χ0) is 10.9. The van der Waals surface area contributed by atoms with Crippen LogP contribution in [0.2, 0.25) is 0 Å². The Hall–Kier alpha value is -1.24. The van der Waals surface area contributed by atoms with Crippen molar-refractivity contribution in [3.63, 3.8) is 0 Å². The van der Waals surface area contributed by atoms with Gasteiger partial charge in [0.1, 0.15) is 4.88 Å². The summed E-state index contributed by atoms with van der Waals surface area (Å²) in [6.07, 6.45) is -4.38. The van der Waals surface area contributed by atoms with E-state index in [-0.39, 0.29) is 5.69 Å². The Morgan fingerprint density at radius 3 is 2.50 bits per heavy atom. The first kappa shape index (κ1) is 10.8. The summed E-state index contributed by atoms with van der Waals surface area (Å²) in [5.41, 5.74) is 4.89. The number of amides is 2. The lowest BCUT2D eigenvalue weighted by Crippen LogP contribution is -2.19. The lowest BCUT2D eigenvalue weighted by molar-refractivity contribution is -0.134. The highest BCUT2D eigenvalue weighted by atomic mass is 32.1. The third-order valence-corrected chi connectivity index (χ3v) is 2.55. The smallest absolute Gasteiger partial charge is 0.351 e. The number of alkyl halides is 3. The van der Waals surface area contributed by atoms with Crippen molar-refractivity contribution in [1.29, 1.82) is 0 Å². The first-order valence-corrected chi connectivity index (χ1v) is 4.36. The third-order valence-electron chi connectivity index (χ3n) is 1.46. The maximum atomic E-state index is 12.2. The molecule has 0 unspecified atom stereocenters. The van der Waals surface area contributed by atoms with Crippen molar-refractivity contribution in [2.24, 2.45) is 5.73 Å². The molecule has 7 heteroatoms. The molecule has 1 rings (SSSR count). The molecule has 1 heterocycles. The normalized spacial score (nSPS) is 11.4. The van der Waals surface area contributed by atoms with Crippen molar-refractivity contribution in [2.75, 3.05) is 5.32 Å². The van der Waals surface area contributed by atoms with Crippen LogP contribution in [0.25, 0.3) is 0 Å². The Kier molecular flexibility index (Phi) is 2.70. The van der Waals surface area contributed by atoms with Gasteiger partial charge in [0.15, 0.2) is 0 Å². The maximum Gasteiger partial charge on any atom is 0.425 e. The number of hydrogen-bond acceptors (Lipinski definition) is 2. The van der Waals surface area contributed by atoms with E-state index < -0.39 is 17.1 Å². The van der Waals surface area contributed by atoms with E-state index in [4.69, 9.17) is 5.73 Å². The fourth-order valence-electron chi connectivity index (χ4n) is 0.879. The van der Waals surface area contributed by atoms with Gasteiger partial charge in [0.25, 0.3) is 0 Å². The lowest BCUT2D eigenvalue weighted by atomic mass is 10.3. The summed E-state index contributed by atoms with van der Waals surface area (Å²) in [5.74, 6) is 0. The van der Waals surface area contributed by atoms with Gasteiger partial charge in [0.2, 0.25) is 0 Å². The fraction of sp³-hybridized carbons (Fsp3) is 0.286. The Bertz CT molecular complexity index is 358. The number of carbonyl (C=O) groups excluding carboxylic acids is 1. The van der Waals surface area contributed by atoms with Crippen LogP contribution in [0.3, 0.4) is 0 Å². The Morgan fingerprint density at radius 2 is 2.14 bits per heavy atom. The molecule has 0 spiro atoms. The monoisotopic (exact) mass is 224 g/mol. The molecule has 0 aliphatic carbocycles. The molecule has 78 valence electrons. The molecule has 0 radical (unpaired) electrons. The highest BCUT2D eigenvalue weighted by Crippen LogP contribution is 2.38. The van der Waals surface area contributed by atoms with Gasteiger partial charge in [-0.15, -0.1) is 11.3 Å². The van der Waals surface area contributed by atoms with Crippen molar-refractivity contribution in [2.45, 2.75) is 13.1 Å². The van der Waals surface area contributed by atoms with E-state index in [0.29, 0.717) is 16.2 Å². The van der Waals surface area contributed by atoms with Crippen LogP contribution >= 0.6 is 11.3 Å².